The number of alkyl halides is 3. The molecular weight excluding hydrogens is 406 g/mol. The first kappa shape index (κ1) is 20.7. The van der Waals surface area contributed by atoms with E-state index in [4.69, 9.17) is 23.2 Å². The van der Waals surface area contributed by atoms with Gasteiger partial charge in [-0.15, -0.1) is 0 Å². The molecule has 0 saturated heterocycles. The van der Waals surface area contributed by atoms with Crippen LogP contribution in [0.15, 0.2) is 47.6 Å². The van der Waals surface area contributed by atoms with Crippen LogP contribution in [0.3, 0.4) is 0 Å². The van der Waals surface area contributed by atoms with Gasteiger partial charge >= 0.3 is 12.1 Å². The summed E-state index contributed by atoms with van der Waals surface area (Å²) < 4.78 is 37.0. The Morgan fingerprint density at radius 2 is 1.70 bits per heavy atom. The summed E-state index contributed by atoms with van der Waals surface area (Å²) in [6, 6.07) is 9.90. The molecule has 2 rings (SSSR count). The minimum Gasteiger partial charge on any atom is -0.318 e. The predicted octanol–water partition coefficient (Wildman–Crippen LogP) is 4.65. The van der Waals surface area contributed by atoms with Gasteiger partial charge in [-0.25, -0.2) is 5.43 Å². The Balaban J connectivity index is 2.11. The van der Waals surface area contributed by atoms with Gasteiger partial charge in [0.25, 0.3) is 5.91 Å². The number of benzene rings is 2. The van der Waals surface area contributed by atoms with Crippen LogP contribution in [0.2, 0.25) is 10.0 Å². The summed E-state index contributed by atoms with van der Waals surface area (Å²) in [5, 5.41) is 6.15. The van der Waals surface area contributed by atoms with Gasteiger partial charge in [0.1, 0.15) is 0 Å². The fourth-order valence-corrected chi connectivity index (χ4v) is 2.22. The van der Waals surface area contributed by atoms with Gasteiger partial charge in [0, 0.05) is 11.3 Å². The number of carbonyl (C=O) groups is 2. The summed E-state index contributed by atoms with van der Waals surface area (Å²) in [4.78, 5) is 23.1. The highest BCUT2D eigenvalue weighted by Crippen LogP contribution is 2.22. The first-order valence-electron chi connectivity index (χ1n) is 7.36. The summed E-state index contributed by atoms with van der Waals surface area (Å²) in [6.07, 6.45) is -4.99. The Bertz CT molecular complexity index is 915. The third-order valence-electron chi connectivity index (χ3n) is 3.30. The Morgan fingerprint density at radius 3 is 2.33 bits per heavy atom. The normalized spacial score (nSPS) is 11.9. The van der Waals surface area contributed by atoms with Crippen LogP contribution in [0, 0.1) is 0 Å². The Morgan fingerprint density at radius 1 is 1.00 bits per heavy atom. The zero-order chi connectivity index (χ0) is 20.2. The zero-order valence-electron chi connectivity index (χ0n) is 13.7. The summed E-state index contributed by atoms with van der Waals surface area (Å²) in [7, 11) is 0. The maximum absolute atomic E-state index is 12.3. The Hall–Kier alpha value is -2.58. The van der Waals surface area contributed by atoms with Gasteiger partial charge in [0.15, 0.2) is 0 Å². The molecule has 0 saturated carbocycles. The summed E-state index contributed by atoms with van der Waals surface area (Å²) >= 11 is 11.6. The second kappa shape index (κ2) is 8.41. The van der Waals surface area contributed by atoms with Crippen molar-refractivity contribution in [1.82, 2.24) is 5.43 Å². The summed E-state index contributed by atoms with van der Waals surface area (Å²) in [5.41, 5.74) is 3.20. The van der Waals surface area contributed by atoms with Crippen LogP contribution in [0.5, 0.6) is 0 Å². The van der Waals surface area contributed by atoms with Gasteiger partial charge in [0.2, 0.25) is 0 Å². The molecule has 10 heteroatoms. The molecule has 0 aliphatic carbocycles. The zero-order valence-corrected chi connectivity index (χ0v) is 15.2. The van der Waals surface area contributed by atoms with Gasteiger partial charge in [-0.3, -0.25) is 9.59 Å². The average Bonchev–Trinajstić information content (AvgIpc) is 2.61. The molecule has 5 nitrogen and oxygen atoms in total. The number of nitrogens with zero attached hydrogens (tertiary/aromatic N) is 1. The number of rotatable bonds is 4. The van der Waals surface area contributed by atoms with Crippen molar-refractivity contribution in [2.45, 2.75) is 13.1 Å². The van der Waals surface area contributed by atoms with E-state index >= 15 is 0 Å². The lowest BCUT2D eigenvalue weighted by molar-refractivity contribution is -0.167. The van der Waals surface area contributed by atoms with Crippen LogP contribution in [0.4, 0.5) is 18.9 Å². The number of hydrogen-bond donors (Lipinski definition) is 2. The van der Waals surface area contributed by atoms with Crippen LogP contribution < -0.4 is 10.7 Å². The Labute approximate surface area is 162 Å². The smallest absolute Gasteiger partial charge is 0.318 e. The van der Waals surface area contributed by atoms with Crippen LogP contribution in [-0.2, 0) is 4.79 Å². The van der Waals surface area contributed by atoms with E-state index in [9.17, 15) is 22.8 Å². The monoisotopic (exact) mass is 417 g/mol. The van der Waals surface area contributed by atoms with E-state index in [2.05, 4.69) is 10.5 Å². The van der Waals surface area contributed by atoms with Crippen molar-refractivity contribution >= 4 is 46.4 Å². The quantitative estimate of drug-likeness (QED) is 0.561. The van der Waals surface area contributed by atoms with E-state index in [-0.39, 0.29) is 16.3 Å². The van der Waals surface area contributed by atoms with Crippen molar-refractivity contribution in [3.8, 4) is 0 Å². The molecule has 2 aromatic rings. The molecule has 0 aromatic heterocycles. The molecule has 0 bridgehead atoms. The lowest BCUT2D eigenvalue weighted by Gasteiger charge is -2.09. The molecule has 0 aliphatic heterocycles. The number of hydrogen-bond acceptors (Lipinski definition) is 3. The van der Waals surface area contributed by atoms with E-state index in [0.29, 0.717) is 16.3 Å². The first-order chi connectivity index (χ1) is 12.6. The highest BCUT2D eigenvalue weighted by Gasteiger charge is 2.38. The number of hydrazone groups is 1. The van der Waals surface area contributed by atoms with Crippen molar-refractivity contribution in [3.63, 3.8) is 0 Å². The second-order valence-electron chi connectivity index (χ2n) is 5.30. The largest absolute Gasteiger partial charge is 0.471 e. The molecular formula is C17H12Cl2F3N3O2. The molecule has 2 N–H and O–H groups in total. The SMILES string of the molecule is C/C(=N\NC(=O)c1ccc(Cl)c(Cl)c1)c1cccc(NC(=O)C(F)(F)F)c1. The standard InChI is InChI=1S/C17H12Cl2F3N3O2/c1-9(24-25-15(26)11-5-6-13(18)14(19)8-11)10-3-2-4-12(7-10)23-16(27)17(20,21)22/h2-8H,1H3,(H,23,27)(H,25,26)/b24-9+. The van der Waals surface area contributed by atoms with E-state index in [1.807, 2.05) is 0 Å². The molecule has 2 amide bonds. The number of nitrogens with one attached hydrogen (secondary N) is 2. The maximum atomic E-state index is 12.3. The van der Waals surface area contributed by atoms with Crippen LogP contribution in [0.1, 0.15) is 22.8 Å². The van der Waals surface area contributed by atoms with Crippen molar-refractivity contribution < 1.29 is 22.8 Å². The lowest BCUT2D eigenvalue weighted by Crippen LogP contribution is -2.29. The topological polar surface area (TPSA) is 70.6 Å². The molecule has 0 atom stereocenters. The third kappa shape index (κ3) is 5.70. The molecule has 0 unspecified atom stereocenters. The van der Waals surface area contributed by atoms with Gasteiger partial charge in [-0.2, -0.15) is 18.3 Å². The molecule has 27 heavy (non-hydrogen) atoms. The lowest BCUT2D eigenvalue weighted by atomic mass is 10.1. The average molecular weight is 418 g/mol. The van der Waals surface area contributed by atoms with Crippen molar-refractivity contribution in [2.24, 2.45) is 5.10 Å². The van der Waals surface area contributed by atoms with Crippen molar-refractivity contribution in [3.05, 3.63) is 63.6 Å². The highest BCUT2D eigenvalue weighted by atomic mass is 35.5. The van der Waals surface area contributed by atoms with Crippen LogP contribution in [-0.4, -0.2) is 23.7 Å². The number of carbonyl (C=O) groups excluding carboxylic acids is 2. The van der Waals surface area contributed by atoms with E-state index in [1.165, 1.54) is 36.4 Å². The maximum Gasteiger partial charge on any atom is 0.471 e. The first-order valence-corrected chi connectivity index (χ1v) is 8.12. The van der Waals surface area contributed by atoms with Crippen molar-refractivity contribution in [2.75, 3.05) is 5.32 Å². The van der Waals surface area contributed by atoms with Crippen LogP contribution >= 0.6 is 23.2 Å². The van der Waals surface area contributed by atoms with E-state index in [0.717, 1.165) is 0 Å². The minimum atomic E-state index is -4.99. The van der Waals surface area contributed by atoms with Crippen LogP contribution in [0.25, 0.3) is 0 Å². The molecule has 0 fully saturated rings. The summed E-state index contributed by atoms with van der Waals surface area (Å²) in [5.74, 6) is -2.63. The minimum absolute atomic E-state index is 0.0554. The predicted molar refractivity (Wildman–Crippen MR) is 97.3 cm³/mol. The van der Waals surface area contributed by atoms with Gasteiger partial charge in [0.05, 0.1) is 15.8 Å². The molecule has 2 aromatic carbocycles. The summed E-state index contributed by atoms with van der Waals surface area (Å²) in [6.45, 7) is 1.54. The van der Waals surface area contributed by atoms with Crippen molar-refractivity contribution in [1.29, 1.82) is 0 Å². The van der Waals surface area contributed by atoms with Gasteiger partial charge in [-0.1, -0.05) is 35.3 Å². The molecule has 142 valence electrons. The second-order valence-corrected chi connectivity index (χ2v) is 6.11. The van der Waals surface area contributed by atoms with E-state index < -0.39 is 18.0 Å². The number of halogens is 5. The van der Waals surface area contributed by atoms with Gasteiger partial charge < -0.3 is 5.32 Å². The molecule has 0 spiro atoms. The van der Waals surface area contributed by atoms with Gasteiger partial charge in [-0.05, 0) is 42.8 Å². The highest BCUT2D eigenvalue weighted by molar-refractivity contribution is 6.42. The van der Waals surface area contributed by atoms with E-state index in [1.54, 1.807) is 18.3 Å². The fraction of sp³-hybridized carbons (Fsp3) is 0.118. The number of amides is 2. The molecule has 0 radical (unpaired) electrons. The fourth-order valence-electron chi connectivity index (χ4n) is 1.93. The Kier molecular flexibility index (Phi) is 6.45. The molecule has 0 heterocycles. The third-order valence-corrected chi connectivity index (χ3v) is 4.04. The molecule has 0 aliphatic rings. The number of anilines is 1.